The molecule has 2 aliphatic heterocycles. The van der Waals surface area contributed by atoms with Crippen molar-refractivity contribution in [3.05, 3.63) is 27.9 Å². The van der Waals surface area contributed by atoms with Crippen LogP contribution in [0.15, 0.2) is 32.4 Å². The van der Waals surface area contributed by atoms with Crippen LogP contribution in [0.1, 0.15) is 5.69 Å². The number of thioether (sulfide) groups is 3. The molecule has 0 bridgehead atoms. The number of aliphatic carboxylic acids is 1. The lowest BCUT2D eigenvalue weighted by Crippen LogP contribution is -2.71. The Kier molecular flexibility index (Phi) is 7.11. The molecule has 2 amide bonds. The Morgan fingerprint density at radius 3 is 2.94 bits per heavy atom. The minimum atomic E-state index is -1.20. The molecule has 0 aromatic carbocycles. The van der Waals surface area contributed by atoms with E-state index in [1.807, 2.05) is 0 Å². The summed E-state index contributed by atoms with van der Waals surface area (Å²) < 4.78 is 0. The van der Waals surface area contributed by atoms with Crippen molar-refractivity contribution in [2.45, 2.75) is 16.4 Å². The van der Waals surface area contributed by atoms with Crippen LogP contribution in [0.3, 0.4) is 0 Å². The second-order valence-electron chi connectivity index (χ2n) is 6.35. The van der Waals surface area contributed by atoms with Gasteiger partial charge < -0.3 is 21.0 Å². The Balaban J connectivity index is 1.45. The summed E-state index contributed by atoms with van der Waals surface area (Å²) in [6.07, 6.45) is 1.57. The van der Waals surface area contributed by atoms with Gasteiger partial charge in [-0.05, 0) is 0 Å². The number of carboxylic acids is 1. The molecule has 17 heteroatoms. The van der Waals surface area contributed by atoms with E-state index in [9.17, 15) is 19.5 Å². The van der Waals surface area contributed by atoms with Crippen LogP contribution < -0.4 is 11.1 Å². The molecule has 0 saturated carbocycles. The number of nitrogens with two attached hydrogens (primary N) is 1. The topological polar surface area (TPSA) is 189 Å². The molecule has 0 radical (unpaired) electrons. The van der Waals surface area contributed by atoms with E-state index in [0.29, 0.717) is 20.8 Å². The number of carbonyl (C=O) groups is 3. The lowest BCUT2D eigenvalue weighted by molar-refractivity contribution is -0.150. The van der Waals surface area contributed by atoms with Gasteiger partial charge in [-0.25, -0.2) is 9.78 Å². The number of rotatable bonds is 9. The highest BCUT2D eigenvalue weighted by Crippen LogP contribution is 2.44. The molecule has 0 unspecified atom stereocenters. The standard InChI is InChI=1S/C16H16N8O5S4/c1-29-22-9(6-3-31-16(17)19-6)12(25)20-10-13(26)24-11(15(27)28)7(4-30-14(10)24)32-5-33-8-2-18-23-21-8/h2-3,10,14H,4-5H2,1H3,(H2,17,19)(H,20,25)(H,27,28)(H,18,21,23)/t10-,14+/m1/s1. The molecule has 174 valence electrons. The van der Waals surface area contributed by atoms with Crippen LogP contribution in [-0.4, -0.2) is 83.3 Å². The van der Waals surface area contributed by atoms with Gasteiger partial charge in [-0.15, -0.1) is 40.0 Å². The van der Waals surface area contributed by atoms with Crippen LogP contribution in [0.2, 0.25) is 0 Å². The van der Waals surface area contributed by atoms with Gasteiger partial charge in [0.25, 0.3) is 11.8 Å². The number of carboxylic acid groups (broad SMARTS) is 1. The third-order valence-electron chi connectivity index (χ3n) is 4.42. The lowest BCUT2D eigenvalue weighted by Gasteiger charge is -2.49. The van der Waals surface area contributed by atoms with Crippen molar-refractivity contribution in [2.24, 2.45) is 5.16 Å². The smallest absolute Gasteiger partial charge is 0.353 e. The summed E-state index contributed by atoms with van der Waals surface area (Å²) in [4.78, 5) is 48.1. The van der Waals surface area contributed by atoms with Crippen molar-refractivity contribution in [1.29, 1.82) is 0 Å². The number of oxime groups is 1. The SMILES string of the molecule is CON=C(C(=O)N[C@@H]1C(=O)N2C(C(=O)O)=C(SCSc3cn[nH]n3)CS[C@@H]12)c1csc(N)n1. The predicted octanol–water partition coefficient (Wildman–Crippen LogP) is 0.373. The number of β-lactam (4-membered cyclic amide) rings is 1. The van der Waals surface area contributed by atoms with E-state index in [0.717, 1.165) is 11.3 Å². The first kappa shape index (κ1) is 23.4. The third-order valence-corrected chi connectivity index (χ3v) is 8.68. The van der Waals surface area contributed by atoms with E-state index in [4.69, 9.17) is 10.6 Å². The van der Waals surface area contributed by atoms with Gasteiger partial charge in [0.05, 0.1) is 11.3 Å². The average molecular weight is 529 g/mol. The third kappa shape index (κ3) is 4.80. The summed E-state index contributed by atoms with van der Waals surface area (Å²) >= 11 is 5.22. The van der Waals surface area contributed by atoms with Crippen molar-refractivity contribution in [3.8, 4) is 0 Å². The van der Waals surface area contributed by atoms with E-state index in [-0.39, 0.29) is 22.2 Å². The van der Waals surface area contributed by atoms with Crippen LogP contribution in [0.4, 0.5) is 5.13 Å². The van der Waals surface area contributed by atoms with Crippen molar-refractivity contribution in [3.63, 3.8) is 0 Å². The highest BCUT2D eigenvalue weighted by atomic mass is 32.2. The molecule has 2 atom stereocenters. The van der Waals surface area contributed by atoms with E-state index >= 15 is 0 Å². The fourth-order valence-electron chi connectivity index (χ4n) is 3.02. The number of H-pyrrole nitrogens is 1. The molecule has 0 aliphatic carbocycles. The fraction of sp³-hybridized carbons (Fsp3) is 0.312. The van der Waals surface area contributed by atoms with Gasteiger partial charge in [-0.2, -0.15) is 10.3 Å². The van der Waals surface area contributed by atoms with Crippen molar-refractivity contribution in [1.82, 2.24) is 30.6 Å². The van der Waals surface area contributed by atoms with Gasteiger partial charge in [0.1, 0.15) is 34.9 Å². The number of thiazole rings is 1. The highest BCUT2D eigenvalue weighted by Gasteiger charge is 2.54. The first-order chi connectivity index (χ1) is 15.9. The first-order valence-electron chi connectivity index (χ1n) is 9.06. The number of anilines is 1. The summed E-state index contributed by atoms with van der Waals surface area (Å²) in [6, 6.07) is -0.911. The maximum Gasteiger partial charge on any atom is 0.353 e. The van der Waals surface area contributed by atoms with Crippen LogP contribution in [0, 0.1) is 0 Å². The van der Waals surface area contributed by atoms with Crippen molar-refractivity contribution < 1.29 is 24.3 Å². The molecule has 4 rings (SSSR count). The lowest BCUT2D eigenvalue weighted by atomic mass is 10.0. The van der Waals surface area contributed by atoms with Gasteiger partial charge >= 0.3 is 5.97 Å². The average Bonchev–Trinajstić information content (AvgIpc) is 3.46. The minimum Gasteiger partial charge on any atom is -0.477 e. The first-order valence-corrected chi connectivity index (χ1v) is 13.0. The van der Waals surface area contributed by atoms with Gasteiger partial charge in [0.15, 0.2) is 10.8 Å². The number of hydrogen-bond donors (Lipinski definition) is 4. The fourth-order valence-corrected chi connectivity index (χ4v) is 7.15. The number of aromatic amines is 1. The Bertz CT molecular complexity index is 1130. The van der Waals surface area contributed by atoms with E-state index in [2.05, 4.69) is 30.9 Å². The molecule has 2 aliphatic rings. The molecule has 1 saturated heterocycles. The number of aromatic nitrogens is 4. The molecule has 0 spiro atoms. The van der Waals surface area contributed by atoms with Crippen LogP contribution >= 0.6 is 46.6 Å². The summed E-state index contributed by atoms with van der Waals surface area (Å²) in [6.45, 7) is 0. The minimum absolute atomic E-state index is 0.0712. The molecule has 13 nitrogen and oxygen atoms in total. The maximum absolute atomic E-state index is 12.8. The van der Waals surface area contributed by atoms with Crippen LogP contribution in [0.25, 0.3) is 0 Å². The van der Waals surface area contributed by atoms with Crippen molar-refractivity contribution >= 4 is 75.2 Å². The van der Waals surface area contributed by atoms with Crippen LogP contribution in [-0.2, 0) is 19.2 Å². The zero-order valence-corrected chi connectivity index (χ0v) is 20.0. The number of fused-ring (bicyclic) bond motifs is 1. The van der Waals surface area contributed by atoms with Crippen molar-refractivity contribution in [2.75, 3.05) is 23.7 Å². The number of carbonyl (C=O) groups excluding carboxylic acids is 2. The number of nitrogens with one attached hydrogen (secondary N) is 2. The Morgan fingerprint density at radius 2 is 2.30 bits per heavy atom. The Morgan fingerprint density at radius 1 is 1.48 bits per heavy atom. The zero-order valence-electron chi connectivity index (χ0n) is 16.8. The largest absolute Gasteiger partial charge is 0.477 e. The van der Waals surface area contributed by atoms with E-state index < -0.39 is 29.2 Å². The molecule has 1 fully saturated rings. The molecule has 2 aromatic heterocycles. The second-order valence-corrected chi connectivity index (χ2v) is 10.8. The number of nitrogens with zero attached hydrogens (tertiary/aromatic N) is 5. The van der Waals surface area contributed by atoms with E-state index in [1.165, 1.54) is 47.3 Å². The number of hydrogen-bond acceptors (Lipinski definition) is 13. The molecule has 2 aromatic rings. The predicted molar refractivity (Wildman–Crippen MR) is 124 cm³/mol. The van der Waals surface area contributed by atoms with Gasteiger partial charge in [-0.3, -0.25) is 14.5 Å². The van der Waals surface area contributed by atoms with E-state index in [1.54, 1.807) is 11.6 Å². The summed E-state index contributed by atoms with van der Waals surface area (Å²) in [5.74, 6) is -2.01. The molecule has 4 heterocycles. The van der Waals surface area contributed by atoms with Gasteiger partial charge in [0, 0.05) is 16.0 Å². The van der Waals surface area contributed by atoms with Gasteiger partial charge in [0.2, 0.25) is 0 Å². The Hall–Kier alpha value is -2.76. The van der Waals surface area contributed by atoms with Crippen LogP contribution in [0.5, 0.6) is 0 Å². The number of nitrogen functional groups attached to an aromatic ring is 1. The molecule has 33 heavy (non-hydrogen) atoms. The van der Waals surface area contributed by atoms with Gasteiger partial charge in [-0.1, -0.05) is 16.9 Å². The number of amides is 2. The maximum atomic E-state index is 12.8. The monoisotopic (exact) mass is 528 g/mol. The second kappa shape index (κ2) is 10.0. The normalized spacial score (nSPS) is 20.3. The molecule has 5 N–H and O–H groups in total. The zero-order chi connectivity index (χ0) is 23.5. The summed E-state index contributed by atoms with van der Waals surface area (Å²) in [5, 5.41) is 28.6. The summed E-state index contributed by atoms with van der Waals surface area (Å²) in [7, 11) is 1.28. The Labute approximate surface area is 203 Å². The molecular formula is C16H16N8O5S4. The summed E-state index contributed by atoms with van der Waals surface area (Å²) in [5.41, 5.74) is 5.63. The quantitative estimate of drug-likeness (QED) is 0.115. The highest BCUT2D eigenvalue weighted by molar-refractivity contribution is 8.18. The molecular weight excluding hydrogens is 512 g/mol.